The Bertz CT molecular complexity index is 131. The third kappa shape index (κ3) is 2.48. The van der Waals surface area contributed by atoms with Gasteiger partial charge in [-0.25, -0.2) is 0 Å². The van der Waals surface area contributed by atoms with Crippen molar-refractivity contribution < 1.29 is 0 Å². The van der Waals surface area contributed by atoms with E-state index in [9.17, 15) is 0 Å². The predicted octanol–water partition coefficient (Wildman–Crippen LogP) is 2.67. The summed E-state index contributed by atoms with van der Waals surface area (Å²) in [5.41, 5.74) is 0. The molecule has 1 nitrogen and oxygen atoms in total. The van der Waals surface area contributed by atoms with Crippen molar-refractivity contribution >= 4 is 0 Å². The van der Waals surface area contributed by atoms with Crippen molar-refractivity contribution in [3.8, 4) is 0 Å². The van der Waals surface area contributed by atoms with E-state index in [1.807, 2.05) is 0 Å². The van der Waals surface area contributed by atoms with Crippen molar-refractivity contribution in [1.29, 1.82) is 0 Å². The summed E-state index contributed by atoms with van der Waals surface area (Å²) < 4.78 is 0. The van der Waals surface area contributed by atoms with E-state index >= 15 is 0 Å². The summed E-state index contributed by atoms with van der Waals surface area (Å²) in [6.45, 7) is 10.5. The fourth-order valence-electron chi connectivity index (χ4n) is 2.04. The first-order valence-electron chi connectivity index (χ1n) is 5.34. The largest absolute Gasteiger partial charge is 0.313 e. The van der Waals surface area contributed by atoms with E-state index in [-0.39, 0.29) is 0 Å². The second-order valence-corrected chi connectivity index (χ2v) is 4.82. The molecule has 0 bridgehead atoms. The third-order valence-corrected chi connectivity index (χ3v) is 3.25. The lowest BCUT2D eigenvalue weighted by Gasteiger charge is -2.20. The Labute approximate surface area is 76.9 Å². The van der Waals surface area contributed by atoms with Gasteiger partial charge in [-0.2, -0.15) is 0 Å². The molecular formula is C11H23N. The van der Waals surface area contributed by atoms with E-state index in [1.54, 1.807) is 0 Å². The molecule has 3 unspecified atom stereocenters. The van der Waals surface area contributed by atoms with Crippen LogP contribution in [0.4, 0.5) is 0 Å². The predicted molar refractivity (Wildman–Crippen MR) is 54.2 cm³/mol. The van der Waals surface area contributed by atoms with Gasteiger partial charge in [0.1, 0.15) is 0 Å². The van der Waals surface area contributed by atoms with Crippen molar-refractivity contribution in [2.45, 2.75) is 46.6 Å². The van der Waals surface area contributed by atoms with Gasteiger partial charge in [0, 0.05) is 6.04 Å². The molecule has 0 aromatic heterocycles. The van der Waals surface area contributed by atoms with E-state index in [1.165, 1.54) is 19.4 Å². The molecule has 1 fully saturated rings. The lowest BCUT2D eigenvalue weighted by atomic mass is 9.97. The monoisotopic (exact) mass is 169 g/mol. The number of hydrogen-bond acceptors (Lipinski definition) is 1. The van der Waals surface area contributed by atoms with Gasteiger partial charge in [-0.05, 0) is 37.1 Å². The van der Waals surface area contributed by atoms with E-state index in [0.29, 0.717) is 0 Å². The molecule has 1 N–H and O–H groups in total. The van der Waals surface area contributed by atoms with Crippen molar-refractivity contribution in [3.63, 3.8) is 0 Å². The molecule has 0 amide bonds. The standard InChI is InChI=1S/C11H23N/c1-8(2)7-12-11-6-5-9(3)10(11)4/h8-12H,5-7H2,1-4H3. The second kappa shape index (κ2) is 4.27. The fourth-order valence-corrected chi connectivity index (χ4v) is 2.04. The number of nitrogens with one attached hydrogen (secondary N) is 1. The fraction of sp³-hybridized carbons (Fsp3) is 1.00. The topological polar surface area (TPSA) is 12.0 Å². The molecule has 12 heavy (non-hydrogen) atoms. The van der Waals surface area contributed by atoms with Gasteiger partial charge in [0.25, 0.3) is 0 Å². The minimum absolute atomic E-state index is 0.785. The van der Waals surface area contributed by atoms with Crippen molar-refractivity contribution in [1.82, 2.24) is 5.32 Å². The van der Waals surface area contributed by atoms with Gasteiger partial charge in [0.05, 0.1) is 0 Å². The smallest absolute Gasteiger partial charge is 0.00954 e. The van der Waals surface area contributed by atoms with Crippen LogP contribution in [-0.4, -0.2) is 12.6 Å². The first-order chi connectivity index (χ1) is 5.61. The van der Waals surface area contributed by atoms with Crippen LogP contribution >= 0.6 is 0 Å². The van der Waals surface area contributed by atoms with Crippen LogP contribution in [0.25, 0.3) is 0 Å². The van der Waals surface area contributed by atoms with E-state index in [0.717, 1.165) is 23.8 Å². The SMILES string of the molecule is CC(C)CNC1CCC(C)C1C. The molecule has 1 heteroatoms. The lowest BCUT2D eigenvalue weighted by Crippen LogP contribution is -2.34. The van der Waals surface area contributed by atoms with Crippen LogP contribution in [-0.2, 0) is 0 Å². The second-order valence-electron chi connectivity index (χ2n) is 4.82. The van der Waals surface area contributed by atoms with Crippen LogP contribution in [0, 0.1) is 17.8 Å². The number of rotatable bonds is 3. The zero-order valence-corrected chi connectivity index (χ0v) is 8.93. The van der Waals surface area contributed by atoms with Gasteiger partial charge >= 0.3 is 0 Å². The van der Waals surface area contributed by atoms with E-state index < -0.39 is 0 Å². The summed E-state index contributed by atoms with van der Waals surface area (Å²) in [6.07, 6.45) is 2.80. The lowest BCUT2D eigenvalue weighted by molar-refractivity contribution is 0.357. The quantitative estimate of drug-likeness (QED) is 0.685. The Morgan fingerprint density at radius 1 is 1.25 bits per heavy atom. The highest BCUT2D eigenvalue weighted by molar-refractivity contribution is 4.84. The van der Waals surface area contributed by atoms with Crippen molar-refractivity contribution in [3.05, 3.63) is 0 Å². The Morgan fingerprint density at radius 3 is 2.33 bits per heavy atom. The molecule has 0 aromatic carbocycles. The molecule has 0 saturated heterocycles. The Kier molecular flexibility index (Phi) is 3.57. The molecular weight excluding hydrogens is 146 g/mol. The van der Waals surface area contributed by atoms with Gasteiger partial charge in [-0.3, -0.25) is 0 Å². The maximum absolute atomic E-state index is 3.66. The Balaban J connectivity index is 2.24. The van der Waals surface area contributed by atoms with Gasteiger partial charge < -0.3 is 5.32 Å². The van der Waals surface area contributed by atoms with Crippen LogP contribution in [0.5, 0.6) is 0 Å². The van der Waals surface area contributed by atoms with Crippen LogP contribution in [0.2, 0.25) is 0 Å². The molecule has 3 atom stereocenters. The Hall–Kier alpha value is -0.0400. The van der Waals surface area contributed by atoms with Crippen LogP contribution < -0.4 is 5.32 Å². The molecule has 0 radical (unpaired) electrons. The van der Waals surface area contributed by atoms with Gasteiger partial charge in [0.2, 0.25) is 0 Å². The van der Waals surface area contributed by atoms with Gasteiger partial charge in [-0.15, -0.1) is 0 Å². The minimum Gasteiger partial charge on any atom is -0.313 e. The van der Waals surface area contributed by atoms with Crippen LogP contribution in [0.15, 0.2) is 0 Å². The number of hydrogen-bond donors (Lipinski definition) is 1. The molecule has 72 valence electrons. The average Bonchev–Trinajstić information content (AvgIpc) is 2.30. The first-order valence-corrected chi connectivity index (χ1v) is 5.34. The van der Waals surface area contributed by atoms with Crippen LogP contribution in [0.1, 0.15) is 40.5 Å². The van der Waals surface area contributed by atoms with Gasteiger partial charge in [0.15, 0.2) is 0 Å². The highest BCUT2D eigenvalue weighted by Crippen LogP contribution is 2.30. The van der Waals surface area contributed by atoms with E-state index in [2.05, 4.69) is 33.0 Å². The van der Waals surface area contributed by atoms with Gasteiger partial charge in [-0.1, -0.05) is 27.7 Å². The summed E-state index contributed by atoms with van der Waals surface area (Å²) >= 11 is 0. The highest BCUT2D eigenvalue weighted by Gasteiger charge is 2.28. The third-order valence-electron chi connectivity index (χ3n) is 3.25. The first kappa shape index (κ1) is 10.0. The van der Waals surface area contributed by atoms with Crippen molar-refractivity contribution in [2.24, 2.45) is 17.8 Å². The van der Waals surface area contributed by atoms with E-state index in [4.69, 9.17) is 0 Å². The molecule has 1 saturated carbocycles. The maximum atomic E-state index is 3.66. The summed E-state index contributed by atoms with van der Waals surface area (Å²) in [4.78, 5) is 0. The van der Waals surface area contributed by atoms with Crippen LogP contribution in [0.3, 0.4) is 0 Å². The summed E-state index contributed by atoms with van der Waals surface area (Å²) in [7, 11) is 0. The molecule has 0 heterocycles. The Morgan fingerprint density at radius 2 is 1.92 bits per heavy atom. The molecule has 1 aliphatic carbocycles. The highest BCUT2D eigenvalue weighted by atomic mass is 14.9. The zero-order valence-electron chi connectivity index (χ0n) is 8.93. The molecule has 1 rings (SSSR count). The summed E-state index contributed by atoms with van der Waals surface area (Å²) in [5.74, 6) is 2.59. The molecule has 1 aliphatic rings. The maximum Gasteiger partial charge on any atom is 0.00954 e. The molecule has 0 aliphatic heterocycles. The summed E-state index contributed by atoms with van der Waals surface area (Å²) in [5, 5.41) is 3.66. The molecule has 0 spiro atoms. The average molecular weight is 169 g/mol. The zero-order chi connectivity index (χ0) is 9.14. The summed E-state index contributed by atoms with van der Waals surface area (Å²) in [6, 6.07) is 0.794. The minimum atomic E-state index is 0.785. The van der Waals surface area contributed by atoms with Crippen molar-refractivity contribution in [2.75, 3.05) is 6.54 Å². The molecule has 0 aromatic rings. The normalized spacial score (nSPS) is 36.2.